The quantitative estimate of drug-likeness (QED) is 0.615. The van der Waals surface area contributed by atoms with Crippen LogP contribution < -0.4 is 16.0 Å². The van der Waals surface area contributed by atoms with E-state index in [2.05, 4.69) is 15.3 Å². The van der Waals surface area contributed by atoms with Crippen molar-refractivity contribution in [1.82, 2.24) is 9.97 Å². The second kappa shape index (κ2) is 7.10. The van der Waals surface area contributed by atoms with E-state index < -0.39 is 4.92 Å². The summed E-state index contributed by atoms with van der Waals surface area (Å²) in [7, 11) is 0. The molecule has 0 fully saturated rings. The van der Waals surface area contributed by atoms with E-state index in [-0.39, 0.29) is 17.3 Å². The Bertz CT molecular complexity index is 720. The summed E-state index contributed by atoms with van der Waals surface area (Å²) in [5.41, 5.74) is 5.98. The maximum Gasteiger partial charge on any atom is 0.353 e. The molecule has 0 bridgehead atoms. The maximum absolute atomic E-state index is 11.3. The first-order valence-electron chi connectivity index (χ1n) is 7.05. The Labute approximate surface area is 138 Å². The molecule has 0 spiro atoms. The molecule has 1 aromatic heterocycles. The van der Waals surface area contributed by atoms with Crippen molar-refractivity contribution in [2.24, 2.45) is 0 Å². The summed E-state index contributed by atoms with van der Waals surface area (Å²) in [6, 6.07) is 6.80. The van der Waals surface area contributed by atoms with E-state index in [0.29, 0.717) is 29.7 Å². The van der Waals surface area contributed by atoms with Gasteiger partial charge in [0.25, 0.3) is 0 Å². The van der Waals surface area contributed by atoms with Crippen LogP contribution in [-0.4, -0.2) is 28.0 Å². The Morgan fingerprint density at radius 2 is 2.04 bits per heavy atom. The van der Waals surface area contributed by atoms with Crippen molar-refractivity contribution in [3.63, 3.8) is 0 Å². The zero-order valence-corrected chi connectivity index (χ0v) is 13.5. The Balaban J connectivity index is 2.51. The molecule has 9 heteroatoms. The second-order valence-electron chi connectivity index (χ2n) is 4.67. The monoisotopic (exact) mass is 336 g/mol. The third-order valence-corrected chi connectivity index (χ3v) is 3.45. The van der Waals surface area contributed by atoms with Gasteiger partial charge in [0.05, 0.1) is 4.92 Å². The topological polar surface area (TPSA) is 110 Å². The first kappa shape index (κ1) is 16.8. The van der Waals surface area contributed by atoms with Crippen LogP contribution in [0.2, 0.25) is 5.02 Å². The van der Waals surface area contributed by atoms with Gasteiger partial charge in [-0.3, -0.25) is 10.1 Å². The Morgan fingerprint density at radius 3 is 2.61 bits per heavy atom. The summed E-state index contributed by atoms with van der Waals surface area (Å²) in [4.78, 5) is 20.8. The smallest absolute Gasteiger partial charge is 0.353 e. The summed E-state index contributed by atoms with van der Waals surface area (Å²) in [6.45, 7) is 5.19. The normalized spacial score (nSPS) is 10.4. The summed E-state index contributed by atoms with van der Waals surface area (Å²) >= 11 is 5.93. The van der Waals surface area contributed by atoms with Gasteiger partial charge in [0, 0.05) is 23.8 Å². The van der Waals surface area contributed by atoms with Crippen LogP contribution in [0.25, 0.3) is 0 Å². The number of anilines is 4. The minimum atomic E-state index is -0.603. The maximum atomic E-state index is 11.3. The number of aromatic nitrogens is 2. The van der Waals surface area contributed by atoms with Crippen molar-refractivity contribution in [3.05, 3.63) is 39.4 Å². The Kier molecular flexibility index (Phi) is 5.17. The van der Waals surface area contributed by atoms with Crippen LogP contribution in [0.5, 0.6) is 0 Å². The SMILES string of the molecule is CCN(CC)c1nc(N)c([N+](=O)[O-])c(Nc2cccc(Cl)c2)n1. The van der Waals surface area contributed by atoms with E-state index in [1.807, 2.05) is 18.7 Å². The summed E-state index contributed by atoms with van der Waals surface area (Å²) in [5.74, 6) is 0.186. The number of hydrogen-bond acceptors (Lipinski definition) is 7. The highest BCUT2D eigenvalue weighted by molar-refractivity contribution is 6.30. The first-order chi connectivity index (χ1) is 11.0. The van der Waals surface area contributed by atoms with Gasteiger partial charge in [0.1, 0.15) is 0 Å². The van der Waals surface area contributed by atoms with Gasteiger partial charge in [-0.25, -0.2) is 0 Å². The summed E-state index contributed by atoms with van der Waals surface area (Å²) in [6.07, 6.45) is 0. The van der Waals surface area contributed by atoms with E-state index in [9.17, 15) is 10.1 Å². The van der Waals surface area contributed by atoms with Crippen molar-refractivity contribution in [3.8, 4) is 0 Å². The lowest BCUT2D eigenvalue weighted by Gasteiger charge is -2.19. The Morgan fingerprint density at radius 1 is 1.35 bits per heavy atom. The fourth-order valence-electron chi connectivity index (χ4n) is 2.08. The third-order valence-electron chi connectivity index (χ3n) is 3.22. The van der Waals surface area contributed by atoms with Crippen LogP contribution in [0.3, 0.4) is 0 Å². The number of nitrogen functional groups attached to an aromatic ring is 1. The van der Waals surface area contributed by atoms with Gasteiger partial charge in [-0.05, 0) is 32.0 Å². The van der Waals surface area contributed by atoms with Crippen LogP contribution >= 0.6 is 11.6 Å². The van der Waals surface area contributed by atoms with Gasteiger partial charge < -0.3 is 16.0 Å². The van der Waals surface area contributed by atoms with Crippen LogP contribution in [0.4, 0.5) is 29.0 Å². The van der Waals surface area contributed by atoms with E-state index in [4.69, 9.17) is 17.3 Å². The molecular formula is C14H17ClN6O2. The molecule has 2 rings (SSSR count). The number of nitrogens with one attached hydrogen (secondary N) is 1. The Hall–Kier alpha value is -2.61. The highest BCUT2D eigenvalue weighted by Gasteiger charge is 2.24. The molecule has 0 amide bonds. The highest BCUT2D eigenvalue weighted by Crippen LogP contribution is 2.32. The first-order valence-corrected chi connectivity index (χ1v) is 7.43. The highest BCUT2D eigenvalue weighted by atomic mass is 35.5. The fourth-order valence-corrected chi connectivity index (χ4v) is 2.27. The zero-order valence-electron chi connectivity index (χ0n) is 12.8. The predicted molar refractivity (Wildman–Crippen MR) is 91.4 cm³/mol. The number of benzene rings is 1. The molecule has 122 valence electrons. The average Bonchev–Trinajstić information content (AvgIpc) is 2.47. The van der Waals surface area contributed by atoms with Gasteiger partial charge in [0.15, 0.2) is 0 Å². The van der Waals surface area contributed by atoms with Crippen LogP contribution in [0, 0.1) is 10.1 Å². The lowest BCUT2D eigenvalue weighted by Crippen LogP contribution is -2.25. The molecule has 0 radical (unpaired) electrons. The third kappa shape index (κ3) is 3.78. The van der Waals surface area contributed by atoms with E-state index in [1.165, 1.54) is 0 Å². The van der Waals surface area contributed by atoms with Gasteiger partial charge in [0.2, 0.25) is 17.6 Å². The molecule has 1 heterocycles. The number of nitrogens with zero attached hydrogens (tertiary/aromatic N) is 4. The molecule has 0 saturated heterocycles. The standard InChI is InChI=1S/C14H17ClN6O2/c1-3-20(4-2)14-18-12(16)11(21(22)23)13(19-14)17-10-7-5-6-9(15)8-10/h5-8H,3-4H2,1-2H3,(H3,16,17,18,19). The average molecular weight is 337 g/mol. The van der Waals surface area contributed by atoms with Crippen molar-refractivity contribution in [2.45, 2.75) is 13.8 Å². The molecule has 3 N–H and O–H groups in total. The molecule has 23 heavy (non-hydrogen) atoms. The molecule has 0 aliphatic rings. The van der Waals surface area contributed by atoms with Crippen LogP contribution in [0.15, 0.2) is 24.3 Å². The summed E-state index contributed by atoms with van der Waals surface area (Å²) < 4.78 is 0. The van der Waals surface area contributed by atoms with E-state index in [1.54, 1.807) is 24.3 Å². The molecule has 0 unspecified atom stereocenters. The largest absolute Gasteiger partial charge is 0.378 e. The van der Waals surface area contributed by atoms with Crippen molar-refractivity contribution < 1.29 is 4.92 Å². The van der Waals surface area contributed by atoms with Crippen molar-refractivity contribution in [1.29, 1.82) is 0 Å². The molecule has 2 aromatic rings. The zero-order chi connectivity index (χ0) is 17.0. The predicted octanol–water partition coefficient (Wildman–Crippen LogP) is 3.21. The molecule has 0 aliphatic carbocycles. The molecule has 0 saturated carbocycles. The lowest BCUT2D eigenvalue weighted by atomic mass is 10.3. The van der Waals surface area contributed by atoms with E-state index >= 15 is 0 Å². The molecule has 0 aliphatic heterocycles. The number of nitro groups is 1. The van der Waals surface area contributed by atoms with Gasteiger partial charge in [-0.15, -0.1) is 0 Å². The number of nitrogens with two attached hydrogens (primary N) is 1. The minimum Gasteiger partial charge on any atom is -0.378 e. The minimum absolute atomic E-state index is 0.0340. The van der Waals surface area contributed by atoms with Crippen LogP contribution in [-0.2, 0) is 0 Å². The van der Waals surface area contributed by atoms with Gasteiger partial charge >= 0.3 is 5.69 Å². The van der Waals surface area contributed by atoms with Gasteiger partial charge in [-0.2, -0.15) is 9.97 Å². The number of hydrogen-bond donors (Lipinski definition) is 2. The lowest BCUT2D eigenvalue weighted by molar-refractivity contribution is -0.383. The molecule has 0 atom stereocenters. The van der Waals surface area contributed by atoms with E-state index in [0.717, 1.165) is 0 Å². The molecule has 8 nitrogen and oxygen atoms in total. The second-order valence-corrected chi connectivity index (χ2v) is 5.11. The van der Waals surface area contributed by atoms with Crippen molar-refractivity contribution >= 4 is 40.6 Å². The number of halogens is 1. The fraction of sp³-hybridized carbons (Fsp3) is 0.286. The molecular weight excluding hydrogens is 320 g/mol. The molecule has 1 aromatic carbocycles. The van der Waals surface area contributed by atoms with Gasteiger partial charge in [-0.1, -0.05) is 17.7 Å². The van der Waals surface area contributed by atoms with Crippen molar-refractivity contribution in [2.75, 3.05) is 29.0 Å². The number of rotatable bonds is 6. The summed E-state index contributed by atoms with van der Waals surface area (Å²) in [5, 5.41) is 14.7. The van der Waals surface area contributed by atoms with Crippen LogP contribution in [0.1, 0.15) is 13.8 Å².